The largest absolute Gasteiger partial charge is 0.382 e. The molecule has 2 fully saturated rings. The van der Waals surface area contributed by atoms with E-state index in [1.807, 2.05) is 19.1 Å². The van der Waals surface area contributed by atoms with Crippen molar-refractivity contribution in [2.24, 2.45) is 5.41 Å². The third kappa shape index (κ3) is 2.83. The highest BCUT2D eigenvalue weighted by molar-refractivity contribution is 6.03. The molecule has 0 saturated carbocycles. The van der Waals surface area contributed by atoms with Gasteiger partial charge in [0.05, 0.1) is 16.6 Å². The van der Waals surface area contributed by atoms with Crippen LogP contribution in [0.4, 0.5) is 11.6 Å². The number of rotatable bonds is 3. The van der Waals surface area contributed by atoms with E-state index in [0.717, 1.165) is 41.5 Å². The number of aryl methyl sites for hydroxylation is 1. The number of nitrogen functional groups attached to an aromatic ring is 1. The molecule has 0 bridgehead atoms. The average molecular weight is 414 g/mol. The van der Waals surface area contributed by atoms with Crippen LogP contribution in [0.25, 0.3) is 22.2 Å². The van der Waals surface area contributed by atoms with Gasteiger partial charge in [-0.3, -0.25) is 9.89 Å². The number of nitrogens with zero attached hydrogens (tertiary/aromatic N) is 6. The molecule has 0 atom stereocenters. The molecule has 0 unspecified atom stereocenters. The van der Waals surface area contributed by atoms with E-state index in [1.165, 1.54) is 12.4 Å². The predicted octanol–water partition coefficient (Wildman–Crippen LogP) is 2.01. The molecule has 9 heteroatoms. The van der Waals surface area contributed by atoms with Gasteiger partial charge in [-0.25, -0.2) is 9.97 Å². The number of hydrogen-bond acceptors (Lipinski definition) is 7. The fraction of sp³-hybridized carbons (Fsp3) is 0.318. The molecule has 1 spiro atoms. The van der Waals surface area contributed by atoms with E-state index in [-0.39, 0.29) is 11.3 Å². The maximum Gasteiger partial charge on any atom is 0.245 e. The molecule has 0 radical (unpaired) electrons. The third-order valence-electron chi connectivity index (χ3n) is 6.42. The number of nitrogens with one attached hydrogen (secondary N) is 1. The van der Waals surface area contributed by atoms with Gasteiger partial charge in [0, 0.05) is 37.2 Å². The minimum absolute atomic E-state index is 0.0348. The van der Waals surface area contributed by atoms with Gasteiger partial charge in [-0.1, -0.05) is 12.6 Å². The molecule has 1 amide bonds. The summed E-state index contributed by atoms with van der Waals surface area (Å²) in [6.07, 6.45) is 3.80. The van der Waals surface area contributed by atoms with E-state index < -0.39 is 0 Å². The van der Waals surface area contributed by atoms with Crippen molar-refractivity contribution in [1.29, 1.82) is 5.26 Å². The van der Waals surface area contributed by atoms with Crippen LogP contribution in [0.15, 0.2) is 31.1 Å². The molecule has 3 aromatic rings. The van der Waals surface area contributed by atoms with Crippen LogP contribution in [0.3, 0.4) is 0 Å². The second-order valence-corrected chi connectivity index (χ2v) is 8.39. The summed E-state index contributed by atoms with van der Waals surface area (Å²) >= 11 is 0. The van der Waals surface area contributed by atoms with E-state index in [0.29, 0.717) is 36.0 Å². The van der Waals surface area contributed by atoms with Crippen LogP contribution in [0.2, 0.25) is 0 Å². The normalized spacial score (nSPS) is 17.0. The van der Waals surface area contributed by atoms with Crippen LogP contribution in [0, 0.1) is 23.7 Å². The maximum absolute atomic E-state index is 11.8. The van der Waals surface area contributed by atoms with Crippen molar-refractivity contribution in [1.82, 2.24) is 25.1 Å². The number of H-pyrrole nitrogens is 1. The maximum atomic E-state index is 11.8. The molecular weight excluding hydrogens is 392 g/mol. The van der Waals surface area contributed by atoms with Crippen molar-refractivity contribution in [2.45, 2.75) is 13.3 Å². The molecule has 2 aromatic heterocycles. The second-order valence-electron chi connectivity index (χ2n) is 8.39. The van der Waals surface area contributed by atoms with Crippen LogP contribution < -0.4 is 10.6 Å². The summed E-state index contributed by atoms with van der Waals surface area (Å²) in [4.78, 5) is 24.7. The molecule has 31 heavy (non-hydrogen) atoms. The highest BCUT2D eigenvalue weighted by Gasteiger charge is 2.49. The average Bonchev–Trinajstić information content (AvgIpc) is 3.36. The van der Waals surface area contributed by atoms with Crippen LogP contribution in [-0.4, -0.2) is 57.2 Å². The van der Waals surface area contributed by atoms with E-state index in [2.05, 4.69) is 37.7 Å². The standard InChI is InChI=1S/C22H22N8O/c1-3-16(31)30-10-22(11-30)6-7-29(9-22)21-14(8-23)19(25-12-26-21)17-13(2)4-5-15-18(17)20(24)28-27-15/h3-5,12H,1,6-7,9-11H2,2H3,(H3,24,27,28). The number of nitrogens with two attached hydrogens (primary N) is 1. The Bertz CT molecular complexity index is 1260. The van der Waals surface area contributed by atoms with Gasteiger partial charge in [-0.05, 0) is 31.1 Å². The van der Waals surface area contributed by atoms with E-state index in [1.54, 1.807) is 4.90 Å². The molecule has 9 nitrogen and oxygen atoms in total. The molecule has 4 heterocycles. The number of carbonyl (C=O) groups excluding carboxylic acids is 1. The van der Waals surface area contributed by atoms with Crippen molar-refractivity contribution in [3.63, 3.8) is 0 Å². The number of anilines is 2. The first-order chi connectivity index (χ1) is 15.0. The Balaban J connectivity index is 1.53. The molecule has 5 rings (SSSR count). The zero-order chi connectivity index (χ0) is 21.8. The Morgan fingerprint density at radius 2 is 2.16 bits per heavy atom. The second kappa shape index (κ2) is 6.80. The van der Waals surface area contributed by atoms with Crippen LogP contribution in [0.5, 0.6) is 0 Å². The first kappa shape index (κ1) is 19.1. The summed E-state index contributed by atoms with van der Waals surface area (Å²) in [5, 5.41) is 17.9. The number of aromatic nitrogens is 4. The monoisotopic (exact) mass is 414 g/mol. The number of fused-ring (bicyclic) bond motifs is 1. The van der Waals surface area contributed by atoms with E-state index in [9.17, 15) is 10.1 Å². The van der Waals surface area contributed by atoms with Crippen molar-refractivity contribution in [3.8, 4) is 17.3 Å². The third-order valence-corrected chi connectivity index (χ3v) is 6.42. The number of carbonyl (C=O) groups is 1. The number of nitriles is 1. The summed E-state index contributed by atoms with van der Waals surface area (Å²) in [7, 11) is 0. The van der Waals surface area contributed by atoms with Gasteiger partial charge in [0.15, 0.2) is 11.6 Å². The molecule has 1 aromatic carbocycles. The first-order valence-corrected chi connectivity index (χ1v) is 10.1. The Kier molecular flexibility index (Phi) is 4.18. The minimum atomic E-state index is -0.0348. The molecular formula is C22H22N8O. The molecule has 2 saturated heterocycles. The lowest BCUT2D eigenvalue weighted by atomic mass is 9.79. The molecule has 156 valence electrons. The Morgan fingerprint density at radius 3 is 2.90 bits per heavy atom. The lowest BCUT2D eigenvalue weighted by Gasteiger charge is -2.47. The summed E-state index contributed by atoms with van der Waals surface area (Å²) in [6, 6.07) is 6.21. The van der Waals surface area contributed by atoms with E-state index >= 15 is 0 Å². The quantitative estimate of drug-likeness (QED) is 0.627. The zero-order valence-corrected chi connectivity index (χ0v) is 17.2. The molecule has 0 aliphatic carbocycles. The number of aromatic amines is 1. The number of amides is 1. The minimum Gasteiger partial charge on any atom is -0.382 e. The summed E-state index contributed by atoms with van der Waals surface area (Å²) in [5.41, 5.74) is 9.70. The van der Waals surface area contributed by atoms with Crippen molar-refractivity contribution in [2.75, 3.05) is 36.8 Å². The van der Waals surface area contributed by atoms with Gasteiger partial charge < -0.3 is 15.5 Å². The Hall–Kier alpha value is -3.93. The van der Waals surface area contributed by atoms with Crippen molar-refractivity contribution < 1.29 is 4.79 Å². The van der Waals surface area contributed by atoms with Gasteiger partial charge in [0.25, 0.3) is 0 Å². The summed E-state index contributed by atoms with van der Waals surface area (Å²) in [5.74, 6) is 0.961. The van der Waals surface area contributed by atoms with Gasteiger partial charge in [-0.15, -0.1) is 0 Å². The highest BCUT2D eigenvalue weighted by atomic mass is 16.2. The van der Waals surface area contributed by atoms with Crippen molar-refractivity contribution >= 4 is 28.4 Å². The topological polar surface area (TPSA) is 128 Å². The first-order valence-electron chi connectivity index (χ1n) is 10.1. The Morgan fingerprint density at radius 1 is 1.35 bits per heavy atom. The number of benzene rings is 1. The van der Waals surface area contributed by atoms with Crippen LogP contribution in [0.1, 0.15) is 17.5 Å². The van der Waals surface area contributed by atoms with Gasteiger partial charge >= 0.3 is 0 Å². The van der Waals surface area contributed by atoms with Crippen molar-refractivity contribution in [3.05, 3.63) is 42.2 Å². The van der Waals surface area contributed by atoms with Crippen LogP contribution >= 0.6 is 0 Å². The molecule has 2 aliphatic heterocycles. The summed E-state index contributed by atoms with van der Waals surface area (Å²) in [6.45, 7) is 8.47. The van der Waals surface area contributed by atoms with Gasteiger partial charge in [-0.2, -0.15) is 10.4 Å². The lowest BCUT2D eigenvalue weighted by Crippen LogP contribution is -2.59. The SMILES string of the molecule is C=CC(=O)N1CC2(CCN(c3ncnc(-c4c(C)ccc5[nH]nc(N)c45)c3C#N)C2)C1. The number of hydrogen-bond donors (Lipinski definition) is 2. The number of likely N-dealkylation sites (tertiary alicyclic amines) is 1. The fourth-order valence-corrected chi connectivity index (χ4v) is 4.88. The smallest absolute Gasteiger partial charge is 0.245 e. The summed E-state index contributed by atoms with van der Waals surface area (Å²) < 4.78 is 0. The van der Waals surface area contributed by atoms with Gasteiger partial charge in [0.1, 0.15) is 18.0 Å². The molecule has 2 aliphatic rings. The van der Waals surface area contributed by atoms with Crippen LogP contribution in [-0.2, 0) is 4.79 Å². The van der Waals surface area contributed by atoms with Gasteiger partial charge in [0.2, 0.25) is 5.91 Å². The van der Waals surface area contributed by atoms with E-state index in [4.69, 9.17) is 5.73 Å². The lowest BCUT2D eigenvalue weighted by molar-refractivity contribution is -0.136. The fourth-order valence-electron chi connectivity index (χ4n) is 4.88. The zero-order valence-electron chi connectivity index (χ0n) is 17.2. The molecule has 3 N–H and O–H groups in total. The Labute approximate surface area is 179 Å². The predicted molar refractivity (Wildman–Crippen MR) is 117 cm³/mol. The highest BCUT2D eigenvalue weighted by Crippen LogP contribution is 2.43.